The first-order valence-corrected chi connectivity index (χ1v) is 6.15. The molecule has 0 fully saturated rings. The van der Waals surface area contributed by atoms with Gasteiger partial charge in [0, 0.05) is 11.1 Å². The first-order valence-electron chi connectivity index (χ1n) is 6.15. The molecule has 0 amide bonds. The van der Waals surface area contributed by atoms with Crippen molar-refractivity contribution in [3.8, 4) is 0 Å². The van der Waals surface area contributed by atoms with Crippen LogP contribution in [-0.4, -0.2) is 15.6 Å². The molecule has 0 radical (unpaired) electrons. The zero-order chi connectivity index (χ0) is 13.4. The summed E-state index contributed by atoms with van der Waals surface area (Å²) in [6, 6.07) is 9.50. The van der Waals surface area contributed by atoms with Crippen molar-refractivity contribution in [2.24, 2.45) is 0 Å². The molecule has 0 spiro atoms. The molecule has 0 unspecified atom stereocenters. The normalized spacial score (nSPS) is 11.1. The van der Waals surface area contributed by atoms with Crippen LogP contribution >= 0.6 is 0 Å². The van der Waals surface area contributed by atoms with E-state index in [-0.39, 0.29) is 12.3 Å². The number of rotatable bonds is 3. The Morgan fingerprint density at radius 1 is 1.32 bits per heavy atom. The molecule has 4 nitrogen and oxygen atoms in total. The average Bonchev–Trinajstić information content (AvgIpc) is 2.93. The van der Waals surface area contributed by atoms with Crippen molar-refractivity contribution in [2.75, 3.05) is 0 Å². The summed E-state index contributed by atoms with van der Waals surface area (Å²) in [6.45, 7) is 4.10. The molecule has 2 heterocycles. The number of para-hydroxylation sites is 1. The van der Waals surface area contributed by atoms with Crippen molar-refractivity contribution >= 4 is 16.8 Å². The highest BCUT2D eigenvalue weighted by atomic mass is 16.3. The summed E-state index contributed by atoms with van der Waals surface area (Å²) in [5.74, 6) is 0.0103. The lowest BCUT2D eigenvalue weighted by Gasteiger charge is -2.02. The number of Topliss-reactive ketones (excluding diaryl/α,β-unsaturated/α-hetero) is 1. The number of ketones is 1. The summed E-state index contributed by atoms with van der Waals surface area (Å²) < 4.78 is 7.11. The predicted octanol–water partition coefficient (Wildman–Crippen LogP) is 3.13. The molecule has 0 saturated carbocycles. The molecule has 0 aliphatic heterocycles. The van der Waals surface area contributed by atoms with E-state index in [1.54, 1.807) is 4.68 Å². The van der Waals surface area contributed by atoms with Gasteiger partial charge in [0.05, 0.1) is 11.3 Å². The molecule has 3 aromatic rings. The van der Waals surface area contributed by atoms with Crippen molar-refractivity contribution in [3.63, 3.8) is 0 Å². The Kier molecular flexibility index (Phi) is 2.71. The zero-order valence-electron chi connectivity index (χ0n) is 10.9. The first-order chi connectivity index (χ1) is 9.15. The maximum Gasteiger partial charge on any atom is 0.188 e. The van der Waals surface area contributed by atoms with Gasteiger partial charge in [-0.1, -0.05) is 18.2 Å². The Bertz CT molecular complexity index is 752. The fourth-order valence-corrected chi connectivity index (χ4v) is 2.25. The summed E-state index contributed by atoms with van der Waals surface area (Å²) in [5, 5.41) is 5.16. The molecular formula is C15H14N2O2. The Morgan fingerprint density at radius 2 is 2.11 bits per heavy atom. The van der Waals surface area contributed by atoms with Crippen LogP contribution < -0.4 is 0 Å². The Hall–Kier alpha value is -2.36. The number of carbonyl (C=O) groups excluding carboxylic acids is 1. The number of benzene rings is 1. The minimum absolute atomic E-state index is 0.0103. The molecular weight excluding hydrogens is 240 g/mol. The molecule has 0 aliphatic rings. The van der Waals surface area contributed by atoms with E-state index in [1.165, 1.54) is 6.26 Å². The van der Waals surface area contributed by atoms with Gasteiger partial charge in [0.25, 0.3) is 0 Å². The Morgan fingerprint density at radius 3 is 2.84 bits per heavy atom. The molecule has 0 aliphatic carbocycles. The van der Waals surface area contributed by atoms with Gasteiger partial charge in [0.1, 0.15) is 18.4 Å². The van der Waals surface area contributed by atoms with Gasteiger partial charge in [-0.3, -0.25) is 9.48 Å². The standard InChI is InChI=1S/C15H14N2O2/c1-10-7-11(2)17(16-10)8-14(18)13-9-19-15-6-4-3-5-12(13)15/h3-7,9H,8H2,1-2H3. The molecule has 0 N–H and O–H groups in total. The van der Waals surface area contributed by atoms with Crippen LogP contribution in [-0.2, 0) is 6.54 Å². The molecule has 3 rings (SSSR count). The second kappa shape index (κ2) is 4.39. The van der Waals surface area contributed by atoms with Crippen molar-refractivity contribution in [1.29, 1.82) is 0 Å². The molecule has 1 aromatic carbocycles. The maximum atomic E-state index is 12.3. The van der Waals surface area contributed by atoms with Gasteiger partial charge < -0.3 is 4.42 Å². The number of aryl methyl sites for hydroxylation is 2. The largest absolute Gasteiger partial charge is 0.464 e. The average molecular weight is 254 g/mol. The monoisotopic (exact) mass is 254 g/mol. The Labute approximate surface area is 110 Å². The minimum atomic E-state index is 0.0103. The lowest BCUT2D eigenvalue weighted by molar-refractivity contribution is 0.0967. The van der Waals surface area contributed by atoms with Gasteiger partial charge in [-0.25, -0.2) is 0 Å². The number of hydrogen-bond acceptors (Lipinski definition) is 3. The smallest absolute Gasteiger partial charge is 0.188 e. The molecule has 0 saturated heterocycles. The van der Waals surface area contributed by atoms with E-state index < -0.39 is 0 Å². The highest BCUT2D eigenvalue weighted by molar-refractivity contribution is 6.06. The lowest BCUT2D eigenvalue weighted by atomic mass is 10.1. The quantitative estimate of drug-likeness (QED) is 0.675. The van der Waals surface area contributed by atoms with Gasteiger partial charge in [0.15, 0.2) is 5.78 Å². The van der Waals surface area contributed by atoms with E-state index >= 15 is 0 Å². The highest BCUT2D eigenvalue weighted by Gasteiger charge is 2.15. The molecule has 4 heteroatoms. The van der Waals surface area contributed by atoms with Crippen LogP contribution in [0.15, 0.2) is 41.0 Å². The third-order valence-corrected chi connectivity index (χ3v) is 3.18. The van der Waals surface area contributed by atoms with Crippen molar-refractivity contribution < 1.29 is 9.21 Å². The fourth-order valence-electron chi connectivity index (χ4n) is 2.25. The first kappa shape index (κ1) is 11.7. The van der Waals surface area contributed by atoms with Crippen LogP contribution in [0.3, 0.4) is 0 Å². The zero-order valence-corrected chi connectivity index (χ0v) is 10.9. The van der Waals surface area contributed by atoms with E-state index in [1.807, 2.05) is 44.2 Å². The molecule has 96 valence electrons. The molecule has 19 heavy (non-hydrogen) atoms. The van der Waals surface area contributed by atoms with E-state index in [9.17, 15) is 4.79 Å². The van der Waals surface area contributed by atoms with E-state index in [2.05, 4.69) is 5.10 Å². The number of fused-ring (bicyclic) bond motifs is 1. The SMILES string of the molecule is Cc1cc(C)n(CC(=O)c2coc3ccccc23)n1. The number of hydrogen-bond donors (Lipinski definition) is 0. The van der Waals surface area contributed by atoms with Crippen molar-refractivity contribution in [1.82, 2.24) is 9.78 Å². The van der Waals surface area contributed by atoms with E-state index in [0.717, 1.165) is 22.4 Å². The second-order valence-corrected chi connectivity index (χ2v) is 4.65. The van der Waals surface area contributed by atoms with Crippen molar-refractivity contribution in [3.05, 3.63) is 53.5 Å². The van der Waals surface area contributed by atoms with Crippen LogP contribution in [0.4, 0.5) is 0 Å². The van der Waals surface area contributed by atoms with E-state index in [0.29, 0.717) is 5.56 Å². The number of aromatic nitrogens is 2. The summed E-state index contributed by atoms with van der Waals surface area (Å²) in [4.78, 5) is 12.3. The third kappa shape index (κ3) is 2.05. The van der Waals surface area contributed by atoms with Crippen LogP contribution in [0.1, 0.15) is 21.7 Å². The van der Waals surface area contributed by atoms with Gasteiger partial charge in [-0.05, 0) is 26.0 Å². The summed E-state index contributed by atoms with van der Waals surface area (Å²) in [7, 11) is 0. The third-order valence-electron chi connectivity index (χ3n) is 3.18. The van der Waals surface area contributed by atoms with Crippen LogP contribution in [0.5, 0.6) is 0 Å². The van der Waals surface area contributed by atoms with E-state index in [4.69, 9.17) is 4.42 Å². The van der Waals surface area contributed by atoms with Crippen LogP contribution in [0.2, 0.25) is 0 Å². The summed E-state index contributed by atoms with van der Waals surface area (Å²) in [5.41, 5.74) is 3.25. The highest BCUT2D eigenvalue weighted by Crippen LogP contribution is 2.21. The molecule has 0 atom stereocenters. The van der Waals surface area contributed by atoms with Crippen molar-refractivity contribution in [2.45, 2.75) is 20.4 Å². The fraction of sp³-hybridized carbons (Fsp3) is 0.200. The number of carbonyl (C=O) groups is 1. The number of nitrogens with zero attached hydrogens (tertiary/aromatic N) is 2. The topological polar surface area (TPSA) is 48.0 Å². The van der Waals surface area contributed by atoms with Gasteiger partial charge in [-0.2, -0.15) is 5.10 Å². The summed E-state index contributed by atoms with van der Waals surface area (Å²) in [6.07, 6.45) is 1.53. The minimum Gasteiger partial charge on any atom is -0.464 e. The lowest BCUT2D eigenvalue weighted by Crippen LogP contribution is -2.12. The summed E-state index contributed by atoms with van der Waals surface area (Å²) >= 11 is 0. The molecule has 2 aromatic heterocycles. The molecule has 0 bridgehead atoms. The maximum absolute atomic E-state index is 12.3. The van der Waals surface area contributed by atoms with Gasteiger partial charge in [0.2, 0.25) is 0 Å². The Balaban J connectivity index is 1.94. The van der Waals surface area contributed by atoms with Crippen LogP contribution in [0, 0.1) is 13.8 Å². The van der Waals surface area contributed by atoms with Gasteiger partial charge in [-0.15, -0.1) is 0 Å². The van der Waals surface area contributed by atoms with Gasteiger partial charge >= 0.3 is 0 Å². The van der Waals surface area contributed by atoms with Crippen LogP contribution in [0.25, 0.3) is 11.0 Å². The second-order valence-electron chi connectivity index (χ2n) is 4.65. The predicted molar refractivity (Wildman–Crippen MR) is 72.2 cm³/mol. The number of furan rings is 1.